The third kappa shape index (κ3) is 2.99. The van der Waals surface area contributed by atoms with Gasteiger partial charge < -0.3 is 18.9 Å². The van der Waals surface area contributed by atoms with Crippen molar-refractivity contribution in [1.82, 2.24) is 0 Å². The van der Waals surface area contributed by atoms with Crippen LogP contribution in [0.15, 0.2) is 30.3 Å². The minimum atomic E-state index is -0.277. The Bertz CT molecular complexity index is 449. The molecular weight excluding hydrogens is 268 g/mol. The molecule has 0 aliphatic carbocycles. The van der Waals surface area contributed by atoms with Crippen LogP contribution in [0.4, 0.5) is 0 Å². The van der Waals surface area contributed by atoms with E-state index in [2.05, 4.69) is 19.1 Å². The smallest absolute Gasteiger partial charge is 0.184 e. The van der Waals surface area contributed by atoms with Gasteiger partial charge in [-0.05, 0) is 12.0 Å². The summed E-state index contributed by atoms with van der Waals surface area (Å²) in [4.78, 5) is 0. The molecule has 0 radical (unpaired) electrons. The van der Waals surface area contributed by atoms with Gasteiger partial charge in [0.05, 0.1) is 19.3 Å². The summed E-state index contributed by atoms with van der Waals surface area (Å²) < 4.78 is 23.7. The molecular formula is C17H24O4. The standard InChI is InChI=1S/C17H24O4/c1-3-9-17-12-20-16(21-17)14(10-15(17)18-2)19-11-13-7-5-4-6-8-13/h4-8,14-16H,3,9-12H2,1-2H3/t14-,15+,16-,17-/m0/s1. The zero-order valence-corrected chi connectivity index (χ0v) is 12.8. The first-order valence-electron chi connectivity index (χ1n) is 7.75. The van der Waals surface area contributed by atoms with E-state index in [0.29, 0.717) is 13.2 Å². The quantitative estimate of drug-likeness (QED) is 0.808. The summed E-state index contributed by atoms with van der Waals surface area (Å²) in [5, 5.41) is 0. The summed E-state index contributed by atoms with van der Waals surface area (Å²) in [5.74, 6) is 0. The van der Waals surface area contributed by atoms with Crippen molar-refractivity contribution in [3.05, 3.63) is 35.9 Å². The lowest BCUT2D eigenvalue weighted by Gasteiger charge is -2.41. The van der Waals surface area contributed by atoms with Crippen molar-refractivity contribution in [3.8, 4) is 0 Å². The number of fused-ring (bicyclic) bond motifs is 2. The van der Waals surface area contributed by atoms with Crippen LogP contribution in [0, 0.1) is 0 Å². The number of rotatable bonds is 6. The molecule has 2 fully saturated rings. The van der Waals surface area contributed by atoms with Crippen molar-refractivity contribution in [1.29, 1.82) is 0 Å². The summed E-state index contributed by atoms with van der Waals surface area (Å²) in [7, 11) is 1.75. The molecule has 3 rings (SSSR count). The molecule has 0 N–H and O–H groups in total. The van der Waals surface area contributed by atoms with Crippen molar-refractivity contribution >= 4 is 0 Å². The molecule has 0 spiro atoms. The first-order valence-corrected chi connectivity index (χ1v) is 7.75. The highest BCUT2D eigenvalue weighted by molar-refractivity contribution is 5.13. The van der Waals surface area contributed by atoms with Crippen molar-refractivity contribution in [2.45, 2.75) is 56.9 Å². The molecule has 4 heteroatoms. The van der Waals surface area contributed by atoms with Gasteiger partial charge >= 0.3 is 0 Å². The molecule has 2 bridgehead atoms. The monoisotopic (exact) mass is 292 g/mol. The molecule has 0 saturated carbocycles. The minimum absolute atomic E-state index is 0.0389. The van der Waals surface area contributed by atoms with Crippen molar-refractivity contribution < 1.29 is 18.9 Å². The maximum Gasteiger partial charge on any atom is 0.184 e. The lowest BCUT2D eigenvalue weighted by atomic mass is 9.87. The molecule has 0 aromatic heterocycles. The topological polar surface area (TPSA) is 36.9 Å². The molecule has 2 saturated heterocycles. The van der Waals surface area contributed by atoms with E-state index >= 15 is 0 Å². The Morgan fingerprint density at radius 2 is 2.10 bits per heavy atom. The van der Waals surface area contributed by atoms with E-state index in [4.69, 9.17) is 18.9 Å². The molecule has 4 nitrogen and oxygen atoms in total. The molecule has 4 atom stereocenters. The number of ether oxygens (including phenoxy) is 4. The highest BCUT2D eigenvalue weighted by atomic mass is 16.8. The van der Waals surface area contributed by atoms with Gasteiger partial charge in [0.25, 0.3) is 0 Å². The van der Waals surface area contributed by atoms with Crippen LogP contribution >= 0.6 is 0 Å². The maximum absolute atomic E-state index is 6.16. The average molecular weight is 292 g/mol. The lowest BCUT2D eigenvalue weighted by molar-refractivity contribution is -0.237. The van der Waals surface area contributed by atoms with Crippen LogP contribution in [0.1, 0.15) is 31.7 Å². The second-order valence-corrected chi connectivity index (χ2v) is 5.91. The SMILES string of the molecule is CCC[C@@]12CO[C@@H](O1)[C@@H](OCc1ccccc1)C[C@H]2OC. The third-order valence-electron chi connectivity index (χ3n) is 4.44. The molecule has 2 aliphatic rings. The van der Waals surface area contributed by atoms with Crippen molar-refractivity contribution in [3.63, 3.8) is 0 Å². The summed E-state index contributed by atoms with van der Waals surface area (Å²) in [6.45, 7) is 3.34. The van der Waals surface area contributed by atoms with E-state index in [0.717, 1.165) is 24.8 Å². The first kappa shape index (κ1) is 15.0. The molecule has 0 unspecified atom stereocenters. The van der Waals surface area contributed by atoms with Crippen LogP contribution in [-0.4, -0.2) is 37.8 Å². The van der Waals surface area contributed by atoms with Crippen LogP contribution in [0.3, 0.4) is 0 Å². The third-order valence-corrected chi connectivity index (χ3v) is 4.44. The predicted octanol–water partition coefficient (Wildman–Crippen LogP) is 2.90. The molecule has 116 valence electrons. The van der Waals surface area contributed by atoms with Crippen molar-refractivity contribution in [2.24, 2.45) is 0 Å². The zero-order chi connectivity index (χ0) is 14.7. The van der Waals surface area contributed by atoms with Gasteiger partial charge in [0.2, 0.25) is 0 Å². The first-order chi connectivity index (χ1) is 10.3. The second-order valence-electron chi connectivity index (χ2n) is 5.91. The zero-order valence-electron chi connectivity index (χ0n) is 12.8. The Morgan fingerprint density at radius 3 is 2.81 bits per heavy atom. The van der Waals surface area contributed by atoms with Crippen LogP contribution in [0.5, 0.6) is 0 Å². The maximum atomic E-state index is 6.16. The fourth-order valence-corrected chi connectivity index (χ4v) is 3.36. The predicted molar refractivity (Wildman–Crippen MR) is 78.9 cm³/mol. The van der Waals surface area contributed by atoms with Crippen LogP contribution in [0.2, 0.25) is 0 Å². The summed E-state index contributed by atoms with van der Waals surface area (Å²) >= 11 is 0. The molecule has 2 aliphatic heterocycles. The van der Waals surface area contributed by atoms with E-state index in [-0.39, 0.29) is 24.1 Å². The van der Waals surface area contributed by atoms with Crippen LogP contribution in [0.25, 0.3) is 0 Å². The summed E-state index contributed by atoms with van der Waals surface area (Å²) in [5.41, 5.74) is 0.885. The molecule has 2 heterocycles. The van der Waals surface area contributed by atoms with E-state index in [1.807, 2.05) is 18.2 Å². The van der Waals surface area contributed by atoms with E-state index in [1.165, 1.54) is 0 Å². The molecule has 1 aromatic carbocycles. The van der Waals surface area contributed by atoms with Crippen LogP contribution < -0.4 is 0 Å². The van der Waals surface area contributed by atoms with Gasteiger partial charge in [-0.3, -0.25) is 0 Å². The summed E-state index contributed by atoms with van der Waals surface area (Å²) in [6, 6.07) is 10.2. The van der Waals surface area contributed by atoms with Gasteiger partial charge in [-0.1, -0.05) is 43.7 Å². The van der Waals surface area contributed by atoms with Gasteiger partial charge in [0.15, 0.2) is 6.29 Å². The Balaban J connectivity index is 1.64. The fourth-order valence-electron chi connectivity index (χ4n) is 3.36. The number of hydrogen-bond acceptors (Lipinski definition) is 4. The highest BCUT2D eigenvalue weighted by Gasteiger charge is 2.55. The number of methoxy groups -OCH3 is 1. The second kappa shape index (κ2) is 6.44. The van der Waals surface area contributed by atoms with E-state index < -0.39 is 0 Å². The summed E-state index contributed by atoms with van der Waals surface area (Å²) in [6.07, 6.45) is 2.57. The number of benzene rings is 1. The van der Waals surface area contributed by atoms with Gasteiger partial charge in [0, 0.05) is 13.5 Å². The van der Waals surface area contributed by atoms with Crippen molar-refractivity contribution in [2.75, 3.05) is 13.7 Å². The normalized spacial score (nSPS) is 35.0. The minimum Gasteiger partial charge on any atom is -0.378 e. The Hall–Kier alpha value is -0.940. The lowest BCUT2D eigenvalue weighted by Crippen LogP contribution is -2.53. The number of hydrogen-bond donors (Lipinski definition) is 0. The average Bonchev–Trinajstić information content (AvgIpc) is 2.88. The van der Waals surface area contributed by atoms with E-state index in [9.17, 15) is 0 Å². The van der Waals surface area contributed by atoms with Gasteiger partial charge in [-0.2, -0.15) is 0 Å². The van der Waals surface area contributed by atoms with E-state index in [1.54, 1.807) is 7.11 Å². The van der Waals surface area contributed by atoms with Gasteiger partial charge in [0.1, 0.15) is 11.7 Å². The Kier molecular flexibility index (Phi) is 4.60. The Labute approximate surface area is 126 Å². The fraction of sp³-hybridized carbons (Fsp3) is 0.647. The highest BCUT2D eigenvalue weighted by Crippen LogP contribution is 2.42. The largest absolute Gasteiger partial charge is 0.378 e. The molecule has 1 aromatic rings. The van der Waals surface area contributed by atoms with Gasteiger partial charge in [-0.15, -0.1) is 0 Å². The van der Waals surface area contributed by atoms with Crippen LogP contribution in [-0.2, 0) is 25.6 Å². The Morgan fingerprint density at radius 1 is 1.29 bits per heavy atom. The van der Waals surface area contributed by atoms with Gasteiger partial charge in [-0.25, -0.2) is 0 Å². The molecule has 21 heavy (non-hydrogen) atoms. The molecule has 0 amide bonds.